The third kappa shape index (κ3) is 4.68. The van der Waals surface area contributed by atoms with Gasteiger partial charge in [-0.25, -0.2) is 23.4 Å². The van der Waals surface area contributed by atoms with Gasteiger partial charge >= 0.3 is 0 Å². The van der Waals surface area contributed by atoms with Crippen molar-refractivity contribution in [1.82, 2.24) is 19.9 Å². The lowest BCUT2D eigenvalue weighted by Gasteiger charge is -2.27. The maximum atomic E-state index is 12.3. The highest BCUT2D eigenvalue weighted by atomic mass is 32.2. The number of pyridine rings is 2. The van der Waals surface area contributed by atoms with Gasteiger partial charge in [0.1, 0.15) is 11.6 Å². The predicted octanol–water partition coefficient (Wildman–Crippen LogP) is 3.89. The average Bonchev–Trinajstić information content (AvgIpc) is 3.58. The van der Waals surface area contributed by atoms with E-state index in [-0.39, 0.29) is 11.3 Å². The molecule has 0 amide bonds. The molecule has 34 heavy (non-hydrogen) atoms. The van der Waals surface area contributed by atoms with Crippen LogP contribution in [0.5, 0.6) is 5.88 Å². The summed E-state index contributed by atoms with van der Waals surface area (Å²) in [6, 6.07) is 7.61. The number of sulfonamides is 1. The van der Waals surface area contributed by atoms with Gasteiger partial charge in [-0.3, -0.25) is 9.71 Å². The van der Waals surface area contributed by atoms with Crippen molar-refractivity contribution in [1.29, 1.82) is 0 Å². The molecule has 4 heterocycles. The first-order valence-corrected chi connectivity index (χ1v) is 13.2. The molecule has 1 saturated carbocycles. The van der Waals surface area contributed by atoms with E-state index < -0.39 is 10.0 Å². The van der Waals surface area contributed by atoms with E-state index in [1.54, 1.807) is 18.5 Å². The number of ether oxygens (including phenoxy) is 1. The highest BCUT2D eigenvalue weighted by Gasteiger charge is 2.36. The number of nitrogens with zero attached hydrogens (tertiary/aromatic N) is 5. The molecular formula is C24H28N6O3S. The van der Waals surface area contributed by atoms with Crippen LogP contribution in [0.2, 0.25) is 0 Å². The van der Waals surface area contributed by atoms with Crippen molar-refractivity contribution in [3.05, 3.63) is 54.1 Å². The Labute approximate surface area is 199 Å². The Kier molecular flexibility index (Phi) is 6.07. The van der Waals surface area contributed by atoms with Crippen molar-refractivity contribution >= 4 is 21.7 Å². The molecule has 10 heteroatoms. The molecule has 2 fully saturated rings. The van der Waals surface area contributed by atoms with Gasteiger partial charge in [-0.05, 0) is 63.3 Å². The molecule has 1 unspecified atom stereocenters. The quantitative estimate of drug-likeness (QED) is 0.517. The molecule has 2 aliphatic rings. The Morgan fingerprint density at radius 3 is 2.76 bits per heavy atom. The normalized spacial score (nSPS) is 18.2. The second kappa shape index (κ2) is 9.17. The van der Waals surface area contributed by atoms with E-state index in [0.717, 1.165) is 42.0 Å². The Hall–Kier alpha value is -3.27. The third-order valence-electron chi connectivity index (χ3n) is 6.10. The molecule has 1 aliphatic carbocycles. The summed E-state index contributed by atoms with van der Waals surface area (Å²) in [6.07, 6.45) is 8.48. The lowest BCUT2D eigenvalue weighted by molar-refractivity contribution is 0.325. The van der Waals surface area contributed by atoms with Gasteiger partial charge in [0.2, 0.25) is 15.9 Å². The van der Waals surface area contributed by atoms with Gasteiger partial charge in [0.25, 0.3) is 0 Å². The van der Waals surface area contributed by atoms with Gasteiger partial charge < -0.3 is 9.64 Å². The fourth-order valence-corrected chi connectivity index (χ4v) is 5.67. The summed E-state index contributed by atoms with van der Waals surface area (Å²) in [7, 11) is -3.35. The first kappa shape index (κ1) is 22.5. The van der Waals surface area contributed by atoms with Gasteiger partial charge in [0.05, 0.1) is 41.7 Å². The number of rotatable bonds is 8. The molecule has 1 saturated heterocycles. The van der Waals surface area contributed by atoms with Crippen molar-refractivity contribution in [3.8, 4) is 17.1 Å². The number of hydrogen-bond donors (Lipinski definition) is 1. The lowest BCUT2D eigenvalue weighted by atomic mass is 10.1. The minimum atomic E-state index is -3.35. The molecule has 1 aliphatic heterocycles. The van der Waals surface area contributed by atoms with Crippen LogP contribution in [-0.2, 0) is 10.0 Å². The number of aromatic nitrogens is 4. The molecule has 3 aromatic heterocycles. The number of aryl methyl sites for hydroxylation is 1. The monoisotopic (exact) mass is 480 g/mol. The van der Waals surface area contributed by atoms with Crippen LogP contribution in [0.25, 0.3) is 11.3 Å². The second-order valence-electron chi connectivity index (χ2n) is 8.69. The van der Waals surface area contributed by atoms with E-state index in [1.807, 2.05) is 32.2 Å². The molecule has 0 radical (unpaired) electrons. The molecule has 178 valence electrons. The lowest BCUT2D eigenvalue weighted by Crippen LogP contribution is -2.25. The third-order valence-corrected chi connectivity index (χ3v) is 7.94. The van der Waals surface area contributed by atoms with Crippen LogP contribution in [0.4, 0.5) is 11.6 Å². The zero-order chi connectivity index (χ0) is 23.7. The first-order chi connectivity index (χ1) is 16.4. The van der Waals surface area contributed by atoms with Crippen LogP contribution in [0.1, 0.15) is 49.9 Å². The number of nitrogens with one attached hydrogen (secondary N) is 1. The summed E-state index contributed by atoms with van der Waals surface area (Å²) in [6.45, 7) is 5.34. The minimum Gasteiger partial charge on any atom is -0.477 e. The highest BCUT2D eigenvalue weighted by Crippen LogP contribution is 2.37. The van der Waals surface area contributed by atoms with Crippen LogP contribution >= 0.6 is 0 Å². The smallest absolute Gasteiger partial charge is 0.236 e. The zero-order valence-corrected chi connectivity index (χ0v) is 20.1. The van der Waals surface area contributed by atoms with Crippen LogP contribution in [0.15, 0.2) is 42.9 Å². The van der Waals surface area contributed by atoms with Gasteiger partial charge in [-0.15, -0.1) is 0 Å². The fraction of sp³-hybridized carbons (Fsp3) is 0.417. The van der Waals surface area contributed by atoms with Crippen LogP contribution in [-0.4, -0.2) is 46.8 Å². The van der Waals surface area contributed by atoms with Gasteiger partial charge in [0.15, 0.2) is 0 Å². The van der Waals surface area contributed by atoms with Crippen LogP contribution in [0.3, 0.4) is 0 Å². The molecule has 1 N–H and O–H groups in total. The summed E-state index contributed by atoms with van der Waals surface area (Å²) < 4.78 is 32.8. The molecule has 0 bridgehead atoms. The van der Waals surface area contributed by atoms with Crippen LogP contribution in [0, 0.1) is 6.92 Å². The summed E-state index contributed by atoms with van der Waals surface area (Å²) >= 11 is 0. The minimum absolute atomic E-state index is 0.0310. The topological polar surface area (TPSA) is 110 Å². The Balaban J connectivity index is 1.39. The van der Waals surface area contributed by atoms with Gasteiger partial charge in [-0.1, -0.05) is 6.07 Å². The van der Waals surface area contributed by atoms with E-state index in [0.29, 0.717) is 36.8 Å². The average molecular weight is 481 g/mol. The molecule has 1 atom stereocenters. The molecule has 0 spiro atoms. The van der Waals surface area contributed by atoms with Crippen LogP contribution < -0.4 is 14.4 Å². The maximum Gasteiger partial charge on any atom is 0.236 e. The van der Waals surface area contributed by atoms with Gasteiger partial charge in [-0.2, -0.15) is 0 Å². The maximum absolute atomic E-state index is 12.3. The Bertz CT molecular complexity index is 1300. The Morgan fingerprint density at radius 2 is 2.00 bits per heavy atom. The summed E-state index contributed by atoms with van der Waals surface area (Å²) in [5.74, 6) is 1.76. The van der Waals surface area contributed by atoms with E-state index in [1.165, 1.54) is 0 Å². The van der Waals surface area contributed by atoms with E-state index in [2.05, 4.69) is 30.6 Å². The molecule has 5 rings (SSSR count). The second-order valence-corrected chi connectivity index (χ2v) is 10.6. The van der Waals surface area contributed by atoms with Gasteiger partial charge in [0, 0.05) is 18.3 Å². The fourth-order valence-electron chi connectivity index (χ4n) is 4.34. The summed E-state index contributed by atoms with van der Waals surface area (Å²) in [5.41, 5.74) is 3.46. The molecule has 0 aromatic carbocycles. The summed E-state index contributed by atoms with van der Waals surface area (Å²) in [4.78, 5) is 20.4. The van der Waals surface area contributed by atoms with E-state index >= 15 is 0 Å². The predicted molar refractivity (Wildman–Crippen MR) is 130 cm³/mol. The van der Waals surface area contributed by atoms with Crippen molar-refractivity contribution in [3.63, 3.8) is 0 Å². The van der Waals surface area contributed by atoms with Crippen molar-refractivity contribution in [2.45, 2.75) is 50.8 Å². The highest BCUT2D eigenvalue weighted by molar-refractivity contribution is 7.93. The number of anilines is 2. The first-order valence-electron chi connectivity index (χ1n) is 11.6. The Morgan fingerprint density at radius 1 is 1.15 bits per heavy atom. The van der Waals surface area contributed by atoms with E-state index in [4.69, 9.17) is 9.72 Å². The number of hydrogen-bond acceptors (Lipinski definition) is 8. The zero-order valence-electron chi connectivity index (χ0n) is 19.3. The summed E-state index contributed by atoms with van der Waals surface area (Å²) in [5, 5.41) is -0.287. The molecular weight excluding hydrogens is 452 g/mol. The standard InChI is InChI=1S/C24H28N6O3S/c1-3-33-23-15-25-14-20(28-23)17-12-16(2)24(26-13-17)30-11-5-7-21(30)19-6-4-8-22(27-19)29-34(31,32)18-9-10-18/h4,6,8,12-15,18,21H,3,5,7,9-11H2,1-2H3,(H,27,29). The van der Waals surface area contributed by atoms with Crippen molar-refractivity contribution < 1.29 is 13.2 Å². The van der Waals surface area contributed by atoms with Crippen molar-refractivity contribution in [2.75, 3.05) is 22.8 Å². The molecule has 3 aromatic rings. The largest absolute Gasteiger partial charge is 0.477 e. The molecule has 9 nitrogen and oxygen atoms in total. The van der Waals surface area contributed by atoms with E-state index in [9.17, 15) is 8.42 Å². The van der Waals surface area contributed by atoms with Crippen molar-refractivity contribution in [2.24, 2.45) is 0 Å². The SMILES string of the molecule is CCOc1cncc(-c2cnc(N3CCCC3c3cccc(NS(=O)(=O)C4CC4)n3)c(C)c2)n1.